The minimum Gasteiger partial charge on any atom is -0.279 e. The van der Waals surface area contributed by atoms with Crippen LogP contribution in [0.15, 0.2) is 11.6 Å². The Morgan fingerprint density at radius 1 is 1.58 bits per heavy atom. The van der Waals surface area contributed by atoms with Gasteiger partial charge in [-0.05, 0) is 18.7 Å². The zero-order valence-electron chi connectivity index (χ0n) is 7.46. The van der Waals surface area contributed by atoms with Gasteiger partial charge in [-0.1, -0.05) is 20.4 Å². The highest BCUT2D eigenvalue weighted by atomic mass is 15.1. The summed E-state index contributed by atoms with van der Waals surface area (Å²) in [7, 11) is 0. The summed E-state index contributed by atoms with van der Waals surface area (Å²) in [5.74, 6) is 0.381. The molecule has 0 saturated carbocycles. The summed E-state index contributed by atoms with van der Waals surface area (Å²) in [6, 6.07) is 0. The quantitative estimate of drug-likeness (QED) is 0.683. The fourth-order valence-electron chi connectivity index (χ4n) is 1.08. The van der Waals surface area contributed by atoms with Gasteiger partial charge in [0.2, 0.25) is 0 Å². The Bertz CT molecular complexity index is 297. The van der Waals surface area contributed by atoms with Crippen LogP contribution < -0.4 is 0 Å². The first kappa shape index (κ1) is 8.71. The number of rotatable bonds is 3. The van der Waals surface area contributed by atoms with Gasteiger partial charge in [0, 0.05) is 0 Å². The molecule has 0 aliphatic heterocycles. The molecule has 1 heterocycles. The summed E-state index contributed by atoms with van der Waals surface area (Å²) in [5.41, 5.74) is 2.61. The predicted octanol–water partition coefficient (Wildman–Crippen LogP) is 2.51. The van der Waals surface area contributed by atoms with Crippen molar-refractivity contribution in [2.45, 2.75) is 19.8 Å². The number of hydrogen-bond donors (Lipinski definition) is 1. The second-order valence-electron chi connectivity index (χ2n) is 2.89. The summed E-state index contributed by atoms with van der Waals surface area (Å²) in [5, 5.41) is 6.97. The third kappa shape index (κ3) is 1.30. The molecular weight excluding hydrogens is 150 g/mol. The van der Waals surface area contributed by atoms with Crippen LogP contribution in [-0.2, 0) is 0 Å². The zero-order chi connectivity index (χ0) is 9.14. The van der Waals surface area contributed by atoms with E-state index < -0.39 is 0 Å². The molecule has 1 aromatic rings. The van der Waals surface area contributed by atoms with Crippen LogP contribution in [0.1, 0.15) is 31.2 Å². The molecule has 0 amide bonds. The fraction of sp³-hybridized carbons (Fsp3) is 0.333. The third-order valence-electron chi connectivity index (χ3n) is 1.72. The van der Waals surface area contributed by atoms with Gasteiger partial charge in [0.25, 0.3) is 0 Å². The Morgan fingerprint density at radius 3 is 2.67 bits per heavy atom. The number of H-pyrrole nitrogens is 1. The van der Waals surface area contributed by atoms with Crippen molar-refractivity contribution in [2.75, 3.05) is 0 Å². The second-order valence-corrected chi connectivity index (χ2v) is 2.89. The lowest BCUT2D eigenvalue weighted by atomic mass is 10.1. The molecule has 0 bridgehead atoms. The lowest BCUT2D eigenvalue weighted by molar-refractivity contribution is 0.811. The van der Waals surface area contributed by atoms with Crippen LogP contribution in [0.5, 0.6) is 0 Å². The van der Waals surface area contributed by atoms with E-state index >= 15 is 0 Å². The molecule has 0 aliphatic rings. The van der Waals surface area contributed by atoms with Crippen LogP contribution in [-0.4, -0.2) is 16.9 Å². The molecule has 0 spiro atoms. The molecule has 3 nitrogen and oxygen atoms in total. The monoisotopic (exact) mass is 163 g/mol. The first-order chi connectivity index (χ1) is 5.70. The maximum atomic E-state index is 4.05. The lowest BCUT2D eigenvalue weighted by Gasteiger charge is -2.00. The molecule has 0 radical (unpaired) electrons. The van der Waals surface area contributed by atoms with Crippen molar-refractivity contribution in [2.24, 2.45) is 4.99 Å². The average Bonchev–Trinajstić information content (AvgIpc) is 2.46. The van der Waals surface area contributed by atoms with E-state index in [2.05, 4.69) is 42.3 Å². The molecule has 0 aliphatic carbocycles. The number of hydrogen-bond acceptors (Lipinski definition) is 2. The topological polar surface area (TPSA) is 41.0 Å². The Hall–Kier alpha value is -1.38. The summed E-state index contributed by atoms with van der Waals surface area (Å²) in [6.07, 6.45) is 1.67. The van der Waals surface area contributed by atoms with E-state index in [1.165, 1.54) is 0 Å². The smallest absolute Gasteiger partial charge is 0.111 e. The molecule has 1 rings (SSSR count). The number of aromatic nitrogens is 2. The van der Waals surface area contributed by atoms with Crippen molar-refractivity contribution in [1.29, 1.82) is 0 Å². The van der Waals surface area contributed by atoms with Crippen LogP contribution in [0.2, 0.25) is 0 Å². The van der Waals surface area contributed by atoms with Crippen molar-refractivity contribution < 1.29 is 0 Å². The van der Waals surface area contributed by atoms with Gasteiger partial charge in [-0.15, -0.1) is 0 Å². The SMILES string of the molecule is C=Cc1n[nH]c(C(C)C)c1N=C. The molecule has 0 saturated heterocycles. The third-order valence-corrected chi connectivity index (χ3v) is 1.72. The van der Waals surface area contributed by atoms with Crippen LogP contribution in [0, 0.1) is 0 Å². The molecule has 1 N–H and O–H groups in total. The van der Waals surface area contributed by atoms with Gasteiger partial charge in [-0.2, -0.15) is 5.10 Å². The van der Waals surface area contributed by atoms with Crippen molar-refractivity contribution in [3.8, 4) is 0 Å². The highest BCUT2D eigenvalue weighted by molar-refractivity contribution is 5.64. The van der Waals surface area contributed by atoms with Gasteiger partial charge in [0.15, 0.2) is 0 Å². The van der Waals surface area contributed by atoms with E-state index in [0.717, 1.165) is 17.1 Å². The minimum absolute atomic E-state index is 0.381. The van der Waals surface area contributed by atoms with Gasteiger partial charge in [0.1, 0.15) is 11.4 Å². The Morgan fingerprint density at radius 2 is 2.25 bits per heavy atom. The summed E-state index contributed by atoms with van der Waals surface area (Å²) < 4.78 is 0. The van der Waals surface area contributed by atoms with Gasteiger partial charge < -0.3 is 0 Å². The lowest BCUT2D eigenvalue weighted by Crippen LogP contribution is -1.86. The maximum absolute atomic E-state index is 4.05. The van der Waals surface area contributed by atoms with E-state index in [4.69, 9.17) is 0 Å². The predicted molar refractivity (Wildman–Crippen MR) is 52.0 cm³/mol. The maximum Gasteiger partial charge on any atom is 0.111 e. The number of nitrogens with one attached hydrogen (secondary N) is 1. The standard InChI is InChI=1S/C9H13N3/c1-5-7-9(10-4)8(6(2)3)12-11-7/h5-6H,1,4H2,2-3H3,(H,11,12). The van der Waals surface area contributed by atoms with Crippen molar-refractivity contribution in [1.82, 2.24) is 10.2 Å². The van der Waals surface area contributed by atoms with E-state index in [1.54, 1.807) is 6.08 Å². The largest absolute Gasteiger partial charge is 0.279 e. The average molecular weight is 163 g/mol. The van der Waals surface area contributed by atoms with Gasteiger partial charge in [-0.3, -0.25) is 10.1 Å². The first-order valence-electron chi connectivity index (χ1n) is 3.88. The minimum atomic E-state index is 0.381. The number of nitrogens with zero attached hydrogens (tertiary/aromatic N) is 2. The molecule has 1 aromatic heterocycles. The van der Waals surface area contributed by atoms with E-state index in [0.29, 0.717) is 5.92 Å². The Kier molecular flexibility index (Phi) is 2.43. The Labute approximate surface area is 72.2 Å². The summed E-state index contributed by atoms with van der Waals surface area (Å²) in [4.78, 5) is 3.91. The first-order valence-corrected chi connectivity index (χ1v) is 3.88. The van der Waals surface area contributed by atoms with Crippen LogP contribution in [0.3, 0.4) is 0 Å². The molecule has 12 heavy (non-hydrogen) atoms. The van der Waals surface area contributed by atoms with Crippen LogP contribution in [0.25, 0.3) is 6.08 Å². The fourth-order valence-corrected chi connectivity index (χ4v) is 1.08. The highest BCUT2D eigenvalue weighted by Crippen LogP contribution is 2.27. The van der Waals surface area contributed by atoms with Crippen molar-refractivity contribution in [3.63, 3.8) is 0 Å². The van der Waals surface area contributed by atoms with E-state index in [1.807, 2.05) is 0 Å². The molecule has 3 heteroatoms. The van der Waals surface area contributed by atoms with E-state index in [9.17, 15) is 0 Å². The van der Waals surface area contributed by atoms with Crippen LogP contribution >= 0.6 is 0 Å². The summed E-state index contributed by atoms with van der Waals surface area (Å²) >= 11 is 0. The normalized spacial score (nSPS) is 10.2. The molecule has 0 fully saturated rings. The molecule has 64 valence electrons. The highest BCUT2D eigenvalue weighted by Gasteiger charge is 2.11. The van der Waals surface area contributed by atoms with Gasteiger partial charge in [0.05, 0.1) is 5.69 Å². The van der Waals surface area contributed by atoms with Gasteiger partial charge >= 0.3 is 0 Å². The molecule has 0 unspecified atom stereocenters. The zero-order valence-corrected chi connectivity index (χ0v) is 7.46. The Balaban J connectivity index is 3.22. The molecular formula is C9H13N3. The number of aromatic amines is 1. The number of aliphatic imine (C=N–C) groups is 1. The second kappa shape index (κ2) is 3.34. The van der Waals surface area contributed by atoms with Crippen LogP contribution in [0.4, 0.5) is 5.69 Å². The molecule has 0 aromatic carbocycles. The van der Waals surface area contributed by atoms with Crippen molar-refractivity contribution in [3.05, 3.63) is 18.0 Å². The summed E-state index contributed by atoms with van der Waals surface area (Å²) in [6.45, 7) is 11.3. The van der Waals surface area contributed by atoms with Crippen molar-refractivity contribution >= 4 is 18.5 Å². The molecule has 0 atom stereocenters. The van der Waals surface area contributed by atoms with E-state index in [-0.39, 0.29) is 0 Å². The van der Waals surface area contributed by atoms with Gasteiger partial charge in [-0.25, -0.2) is 0 Å².